The number of hydrogen-bond donors (Lipinski definition) is 2. The number of H-pyrrole nitrogens is 2. The summed E-state index contributed by atoms with van der Waals surface area (Å²) in [4.78, 5) is 26.8. The van der Waals surface area contributed by atoms with Crippen LogP contribution in [0.4, 0.5) is 11.6 Å². The zero-order chi connectivity index (χ0) is 25.8. The number of nitrogens with two attached hydrogens (primary N) is 2. The van der Waals surface area contributed by atoms with Gasteiger partial charge >= 0.3 is 0 Å². The van der Waals surface area contributed by atoms with Crippen LogP contribution in [0.5, 0.6) is 11.5 Å². The number of carboxylic acid groups (broad SMARTS) is 2. The lowest BCUT2D eigenvalue weighted by molar-refractivity contribution is -0.360. The lowest BCUT2D eigenvalue weighted by atomic mass is 10.2. The smallest absolute Gasteiger partial charge is 0.270 e. The summed E-state index contributed by atoms with van der Waals surface area (Å²) >= 11 is 0. The van der Waals surface area contributed by atoms with Crippen LogP contribution >= 0.6 is 0 Å². The fourth-order valence-corrected chi connectivity index (χ4v) is 2.66. The van der Waals surface area contributed by atoms with Crippen molar-refractivity contribution in [1.82, 2.24) is 0 Å². The normalized spacial score (nSPS) is 9.28. The first-order chi connectivity index (χ1) is 16.6. The second-order valence-electron chi connectivity index (χ2n) is 7.37. The highest BCUT2D eigenvalue weighted by atomic mass is 16.5. The van der Waals surface area contributed by atoms with Gasteiger partial charge in [-0.3, -0.25) is 11.5 Å². The first kappa shape index (κ1) is 29.1. The summed E-state index contributed by atoms with van der Waals surface area (Å²) in [6.45, 7) is 4.01. The van der Waals surface area contributed by atoms with E-state index in [2.05, 4.69) is 9.97 Å². The van der Waals surface area contributed by atoms with Gasteiger partial charge in [0, 0.05) is 12.1 Å². The molecule has 0 spiro atoms. The highest BCUT2D eigenvalue weighted by Crippen LogP contribution is 2.21. The molecule has 0 fully saturated rings. The Kier molecular flexibility index (Phi) is 11.6. The number of aromatic nitrogens is 2. The molecule has 2 aromatic heterocycles. The third-order valence-corrected chi connectivity index (χ3v) is 4.37. The number of carbonyl (C=O) groups excluding carboxylic acids is 2. The predicted molar refractivity (Wildman–Crippen MR) is 130 cm³/mol. The molecule has 2 heterocycles. The molecule has 0 aliphatic carbocycles. The second-order valence-corrected chi connectivity index (χ2v) is 7.37. The van der Waals surface area contributed by atoms with E-state index < -0.39 is 11.9 Å². The summed E-state index contributed by atoms with van der Waals surface area (Å²) in [6.07, 6.45) is 3.65. The molecule has 36 heavy (non-hydrogen) atoms. The Morgan fingerprint density at radius 3 is 1.22 bits per heavy atom. The van der Waals surface area contributed by atoms with Gasteiger partial charge in [0.2, 0.25) is 0 Å². The Hall–Kier alpha value is -4.96. The molecule has 0 saturated carbocycles. The average Bonchev–Trinajstić information content (AvgIpc) is 2.80. The van der Waals surface area contributed by atoms with Crippen LogP contribution in [0.1, 0.15) is 31.8 Å². The van der Waals surface area contributed by atoms with Crippen molar-refractivity contribution in [1.29, 1.82) is 0 Å². The van der Waals surface area contributed by atoms with Crippen LogP contribution in [-0.4, -0.2) is 17.4 Å². The largest absolute Gasteiger partial charge is 0.545 e. The van der Waals surface area contributed by atoms with Crippen molar-refractivity contribution in [3.63, 3.8) is 0 Å². The Labute approximate surface area is 208 Å². The van der Waals surface area contributed by atoms with Gasteiger partial charge in [-0.25, -0.2) is 9.97 Å². The van der Waals surface area contributed by atoms with E-state index in [9.17, 15) is 19.8 Å². The van der Waals surface area contributed by atoms with Gasteiger partial charge in [0.15, 0.2) is 0 Å². The van der Waals surface area contributed by atoms with Crippen LogP contribution in [-0.2, 0) is 0 Å². The van der Waals surface area contributed by atoms with Gasteiger partial charge in [0.1, 0.15) is 11.5 Å². The van der Waals surface area contributed by atoms with Crippen molar-refractivity contribution < 1.29 is 40.0 Å². The molecule has 4 rings (SSSR count). The molecule has 188 valence electrons. The van der Waals surface area contributed by atoms with Gasteiger partial charge in [-0.1, -0.05) is 0 Å². The second kappa shape index (κ2) is 14.3. The minimum Gasteiger partial charge on any atom is -0.545 e. The number of ether oxygens (including phenoxy) is 1. The summed E-state index contributed by atoms with van der Waals surface area (Å²) in [5, 5.41) is 21.1. The Bertz CT molecular complexity index is 1130. The fraction of sp³-hybridized carbons (Fsp3) is 0.0769. The highest BCUT2D eigenvalue weighted by Gasteiger charge is 2.00. The Morgan fingerprint density at radius 2 is 1.00 bits per heavy atom. The summed E-state index contributed by atoms with van der Waals surface area (Å²) in [6, 6.07) is 19.1. The average molecular weight is 493 g/mol. The maximum Gasteiger partial charge on any atom is 0.270 e. The minimum atomic E-state index is -1.26. The van der Waals surface area contributed by atoms with Crippen molar-refractivity contribution in [2.45, 2.75) is 13.8 Å². The van der Waals surface area contributed by atoms with E-state index in [0.717, 1.165) is 0 Å². The summed E-state index contributed by atoms with van der Waals surface area (Å²) in [5.74, 6) is -0.220. The maximum atomic E-state index is 10.6. The van der Waals surface area contributed by atoms with Crippen LogP contribution in [0.3, 0.4) is 0 Å². The molecule has 4 aromatic rings. The monoisotopic (exact) mass is 492 g/mol. The molecule has 0 saturated heterocycles. The quantitative estimate of drug-likeness (QED) is 0.404. The summed E-state index contributed by atoms with van der Waals surface area (Å²) < 4.78 is 5.42. The van der Waals surface area contributed by atoms with E-state index in [1.165, 1.54) is 59.7 Å². The number of nitrogens with one attached hydrogen (secondary N) is 2. The molecular formula is C26H28N4O6. The van der Waals surface area contributed by atoms with E-state index in [1.807, 2.05) is 50.5 Å². The summed E-state index contributed by atoms with van der Waals surface area (Å²) in [7, 11) is 0. The number of hydrogen-bond acceptors (Lipinski definition) is 7. The van der Waals surface area contributed by atoms with Crippen LogP contribution in [0, 0.1) is 13.8 Å². The first-order valence-corrected chi connectivity index (χ1v) is 10.4. The Morgan fingerprint density at radius 1 is 0.667 bits per heavy atom. The van der Waals surface area contributed by atoms with Gasteiger partial charge in [-0.15, -0.1) is 0 Å². The number of aromatic carboxylic acids is 2. The number of carbonyl (C=O) groups is 2. The molecule has 8 N–H and O–H groups in total. The third kappa shape index (κ3) is 10.3. The molecule has 0 amide bonds. The maximum absolute atomic E-state index is 10.6. The van der Waals surface area contributed by atoms with Crippen molar-refractivity contribution in [3.05, 3.63) is 107 Å². The number of benzene rings is 2. The standard InChI is InChI=1S/C14H10O5.2C6H8N2.H2O/c15-13(16)9-1-5-11(6-2-9)19-12-7-3-10(4-8-12)14(17)18;2*1-5-2-3-8-6(7)4-5;/h1-8H,(H,15,16)(H,17,18);2*2-4H,1H3,(H2,7,8);1H2. The van der Waals surface area contributed by atoms with E-state index in [4.69, 9.17) is 16.2 Å². The number of aromatic amines is 2. The number of pyridine rings is 2. The zero-order valence-electron chi connectivity index (χ0n) is 19.8. The van der Waals surface area contributed by atoms with Crippen molar-refractivity contribution in [2.75, 3.05) is 11.5 Å². The van der Waals surface area contributed by atoms with Crippen molar-refractivity contribution in [3.8, 4) is 11.5 Å². The lowest BCUT2D eigenvalue weighted by Gasteiger charge is -2.08. The molecule has 0 atom stereocenters. The predicted octanol–water partition coefficient (Wildman–Crippen LogP) is 0.164. The molecule has 10 heteroatoms. The van der Waals surface area contributed by atoms with Crippen LogP contribution in [0.15, 0.2) is 85.2 Å². The van der Waals surface area contributed by atoms with E-state index in [0.29, 0.717) is 23.1 Å². The van der Waals surface area contributed by atoms with Gasteiger partial charge in [-0.2, -0.15) is 0 Å². The van der Waals surface area contributed by atoms with Crippen LogP contribution in [0.25, 0.3) is 0 Å². The lowest BCUT2D eigenvalue weighted by Crippen LogP contribution is -2.22. The van der Waals surface area contributed by atoms with Gasteiger partial charge in [-0.05, 0) is 96.8 Å². The Balaban J connectivity index is 0.000000315. The van der Waals surface area contributed by atoms with Crippen molar-refractivity contribution in [2.24, 2.45) is 0 Å². The third-order valence-electron chi connectivity index (χ3n) is 4.37. The number of anilines is 2. The van der Waals surface area contributed by atoms with Crippen molar-refractivity contribution >= 4 is 23.6 Å². The SMILES string of the molecule is Cc1cc[nH+]c(N)c1.Cc1cc[nH+]c(N)c1.O.O=C([O-])c1ccc(Oc2ccc(C(=O)[O-])cc2)cc1. The number of rotatable bonds is 4. The number of carboxylic acids is 2. The molecule has 0 aliphatic rings. The zero-order valence-corrected chi connectivity index (χ0v) is 19.8. The van der Waals surface area contributed by atoms with Crippen LogP contribution in [0.2, 0.25) is 0 Å². The van der Waals surface area contributed by atoms with Gasteiger partial charge in [0.05, 0.1) is 24.3 Å². The molecule has 0 unspecified atom stereocenters. The highest BCUT2D eigenvalue weighted by molar-refractivity contribution is 5.86. The van der Waals surface area contributed by atoms with E-state index in [-0.39, 0.29) is 16.6 Å². The van der Waals surface area contributed by atoms with Crippen LogP contribution < -0.4 is 36.4 Å². The minimum absolute atomic E-state index is 0. The molecule has 2 aromatic carbocycles. The number of aryl methyl sites for hydroxylation is 2. The first-order valence-electron chi connectivity index (χ1n) is 10.4. The topological polar surface area (TPSA) is 201 Å². The van der Waals surface area contributed by atoms with Gasteiger partial charge in [0.25, 0.3) is 11.6 Å². The molecule has 0 aliphatic heterocycles. The summed E-state index contributed by atoms with van der Waals surface area (Å²) in [5.41, 5.74) is 13.3. The molecule has 0 radical (unpaired) electrons. The van der Waals surface area contributed by atoms with E-state index in [1.54, 1.807) is 0 Å². The van der Waals surface area contributed by atoms with E-state index >= 15 is 0 Å². The van der Waals surface area contributed by atoms with Gasteiger partial charge < -0.3 is 30.0 Å². The molecule has 0 bridgehead atoms. The fourth-order valence-electron chi connectivity index (χ4n) is 2.66. The number of nitrogen functional groups attached to an aromatic ring is 2. The molecular weight excluding hydrogens is 464 g/mol. The molecule has 10 nitrogen and oxygen atoms in total.